The lowest BCUT2D eigenvalue weighted by Gasteiger charge is -2.21. The van der Waals surface area contributed by atoms with Gasteiger partial charge < -0.3 is 10.0 Å². The summed E-state index contributed by atoms with van der Waals surface area (Å²) in [6, 6.07) is 8.26. The van der Waals surface area contributed by atoms with Gasteiger partial charge in [-0.2, -0.15) is 0 Å². The third-order valence-corrected chi connectivity index (χ3v) is 2.79. The number of aromatic nitrogens is 1. The third kappa shape index (κ3) is 2.84. The van der Waals surface area contributed by atoms with Gasteiger partial charge in [0.1, 0.15) is 5.82 Å². The summed E-state index contributed by atoms with van der Waals surface area (Å²) < 4.78 is 12.8. The summed E-state index contributed by atoms with van der Waals surface area (Å²) >= 11 is 0. The normalized spacial score (nSPS) is 10.4. The molecule has 0 spiro atoms. The molecule has 2 rings (SSSR count). The molecule has 94 valence electrons. The summed E-state index contributed by atoms with van der Waals surface area (Å²) in [5.74, 6) is -0.235. The maximum absolute atomic E-state index is 12.8. The van der Waals surface area contributed by atoms with E-state index in [1.54, 1.807) is 24.5 Å². The smallest absolute Gasteiger partial charge is 0.123 e. The van der Waals surface area contributed by atoms with Crippen LogP contribution in [0.4, 0.5) is 10.1 Å². The number of nitrogens with zero attached hydrogens (tertiary/aromatic N) is 2. The van der Waals surface area contributed by atoms with Crippen LogP contribution in [0.5, 0.6) is 0 Å². The van der Waals surface area contributed by atoms with Crippen molar-refractivity contribution in [3.05, 3.63) is 59.7 Å². The molecule has 0 saturated carbocycles. The van der Waals surface area contributed by atoms with E-state index in [4.69, 9.17) is 0 Å². The lowest BCUT2D eigenvalue weighted by Crippen LogP contribution is -2.18. The van der Waals surface area contributed by atoms with Crippen molar-refractivity contribution in [2.24, 2.45) is 0 Å². The first-order chi connectivity index (χ1) is 8.70. The number of pyridine rings is 1. The Morgan fingerprint density at radius 1 is 1.22 bits per heavy atom. The average Bonchev–Trinajstić information content (AvgIpc) is 2.41. The fraction of sp³-hybridized carbons (Fsp3) is 0.214. The van der Waals surface area contributed by atoms with E-state index >= 15 is 0 Å². The molecule has 0 aliphatic rings. The van der Waals surface area contributed by atoms with E-state index in [-0.39, 0.29) is 12.4 Å². The molecule has 0 unspecified atom stereocenters. The van der Waals surface area contributed by atoms with Gasteiger partial charge in [0.15, 0.2) is 0 Å². The fourth-order valence-corrected chi connectivity index (χ4v) is 1.86. The Balaban J connectivity index is 2.16. The molecule has 0 fully saturated rings. The number of halogens is 1. The zero-order valence-electron chi connectivity index (χ0n) is 10.2. The molecule has 0 saturated heterocycles. The quantitative estimate of drug-likeness (QED) is 0.899. The molecule has 4 heteroatoms. The molecule has 0 aliphatic heterocycles. The Labute approximate surface area is 106 Å². The Morgan fingerprint density at radius 2 is 1.94 bits per heavy atom. The van der Waals surface area contributed by atoms with Gasteiger partial charge in [0.05, 0.1) is 6.61 Å². The van der Waals surface area contributed by atoms with Crippen LogP contribution in [-0.2, 0) is 13.2 Å². The maximum atomic E-state index is 12.8. The Kier molecular flexibility index (Phi) is 3.89. The molecule has 0 radical (unpaired) electrons. The van der Waals surface area contributed by atoms with Crippen molar-refractivity contribution < 1.29 is 9.50 Å². The summed E-state index contributed by atoms with van der Waals surface area (Å²) in [5.41, 5.74) is 2.72. The van der Waals surface area contributed by atoms with E-state index in [1.807, 2.05) is 18.0 Å². The van der Waals surface area contributed by atoms with Crippen LogP contribution in [0.1, 0.15) is 11.1 Å². The minimum atomic E-state index is -0.235. The number of aliphatic hydroxyl groups excluding tert-OH is 1. The number of hydrogen-bond acceptors (Lipinski definition) is 3. The van der Waals surface area contributed by atoms with Crippen LogP contribution in [0.2, 0.25) is 0 Å². The molecule has 3 nitrogen and oxygen atoms in total. The van der Waals surface area contributed by atoms with Crippen LogP contribution in [0, 0.1) is 5.82 Å². The molecule has 0 bridgehead atoms. The number of aliphatic hydroxyl groups is 1. The molecule has 2 aromatic rings. The summed E-state index contributed by atoms with van der Waals surface area (Å²) in [6.45, 7) is 0.605. The summed E-state index contributed by atoms with van der Waals surface area (Å²) in [5, 5.41) is 9.25. The second kappa shape index (κ2) is 5.60. The monoisotopic (exact) mass is 246 g/mol. The van der Waals surface area contributed by atoms with Crippen molar-refractivity contribution in [2.75, 3.05) is 11.9 Å². The maximum Gasteiger partial charge on any atom is 0.123 e. The van der Waals surface area contributed by atoms with Gasteiger partial charge in [0.25, 0.3) is 0 Å². The molecule has 1 N–H and O–H groups in total. The third-order valence-electron chi connectivity index (χ3n) is 2.79. The number of benzene rings is 1. The molecule has 0 amide bonds. The first-order valence-electron chi connectivity index (χ1n) is 5.70. The number of hydrogen-bond donors (Lipinski definition) is 1. The van der Waals surface area contributed by atoms with Gasteiger partial charge in [0.2, 0.25) is 0 Å². The van der Waals surface area contributed by atoms with Gasteiger partial charge in [-0.3, -0.25) is 4.98 Å². The fourth-order valence-electron chi connectivity index (χ4n) is 1.86. The van der Waals surface area contributed by atoms with Crippen molar-refractivity contribution in [3.8, 4) is 0 Å². The van der Waals surface area contributed by atoms with E-state index in [0.29, 0.717) is 6.54 Å². The summed E-state index contributed by atoms with van der Waals surface area (Å²) in [4.78, 5) is 5.98. The topological polar surface area (TPSA) is 36.4 Å². The SMILES string of the molecule is CN(Cc1ccc(F)cc1)c1ccncc1CO. The molecule has 1 heterocycles. The van der Waals surface area contributed by atoms with Crippen LogP contribution in [0.15, 0.2) is 42.7 Å². The molecule has 1 aromatic carbocycles. The van der Waals surface area contributed by atoms with Gasteiger partial charge in [-0.05, 0) is 23.8 Å². The highest BCUT2D eigenvalue weighted by Gasteiger charge is 2.07. The summed E-state index contributed by atoms with van der Waals surface area (Å²) in [7, 11) is 1.93. The molecule has 1 aromatic heterocycles. The minimum Gasteiger partial charge on any atom is -0.392 e. The Hall–Kier alpha value is -1.94. The Morgan fingerprint density at radius 3 is 2.61 bits per heavy atom. The van der Waals surface area contributed by atoms with Crippen molar-refractivity contribution in [3.63, 3.8) is 0 Å². The van der Waals surface area contributed by atoms with Gasteiger partial charge in [0, 0.05) is 37.2 Å². The lowest BCUT2D eigenvalue weighted by atomic mass is 10.2. The molecular formula is C14H15FN2O. The first-order valence-corrected chi connectivity index (χ1v) is 5.70. The highest BCUT2D eigenvalue weighted by atomic mass is 19.1. The van der Waals surface area contributed by atoms with Crippen molar-refractivity contribution >= 4 is 5.69 Å². The van der Waals surface area contributed by atoms with Crippen molar-refractivity contribution in [2.45, 2.75) is 13.2 Å². The molecule has 0 atom stereocenters. The van der Waals surface area contributed by atoms with E-state index in [2.05, 4.69) is 4.98 Å². The predicted octanol–water partition coefficient (Wildman–Crippen LogP) is 2.35. The standard InChI is InChI=1S/C14H15FN2O/c1-17(9-11-2-4-13(15)5-3-11)14-6-7-16-8-12(14)10-18/h2-8,18H,9-10H2,1H3. The number of anilines is 1. The zero-order valence-corrected chi connectivity index (χ0v) is 10.2. The van der Waals surface area contributed by atoms with Gasteiger partial charge in [-0.1, -0.05) is 12.1 Å². The van der Waals surface area contributed by atoms with E-state index in [0.717, 1.165) is 16.8 Å². The number of rotatable bonds is 4. The van der Waals surface area contributed by atoms with Gasteiger partial charge in [-0.15, -0.1) is 0 Å². The molecular weight excluding hydrogens is 231 g/mol. The summed E-state index contributed by atoms with van der Waals surface area (Å²) in [6.07, 6.45) is 3.34. The van der Waals surface area contributed by atoms with Crippen LogP contribution in [-0.4, -0.2) is 17.1 Å². The second-order valence-corrected chi connectivity index (χ2v) is 4.15. The van der Waals surface area contributed by atoms with E-state index in [9.17, 15) is 9.50 Å². The lowest BCUT2D eigenvalue weighted by molar-refractivity contribution is 0.281. The van der Waals surface area contributed by atoms with Crippen LogP contribution >= 0.6 is 0 Å². The van der Waals surface area contributed by atoms with Crippen LogP contribution in [0.3, 0.4) is 0 Å². The van der Waals surface area contributed by atoms with Gasteiger partial charge >= 0.3 is 0 Å². The predicted molar refractivity (Wildman–Crippen MR) is 68.7 cm³/mol. The first kappa shape index (κ1) is 12.5. The van der Waals surface area contributed by atoms with Crippen LogP contribution in [0.25, 0.3) is 0 Å². The highest BCUT2D eigenvalue weighted by molar-refractivity contribution is 5.51. The van der Waals surface area contributed by atoms with Crippen molar-refractivity contribution in [1.82, 2.24) is 4.98 Å². The zero-order chi connectivity index (χ0) is 13.0. The van der Waals surface area contributed by atoms with Gasteiger partial charge in [-0.25, -0.2) is 4.39 Å². The highest BCUT2D eigenvalue weighted by Crippen LogP contribution is 2.20. The van der Waals surface area contributed by atoms with Crippen molar-refractivity contribution in [1.29, 1.82) is 0 Å². The largest absolute Gasteiger partial charge is 0.392 e. The molecule has 18 heavy (non-hydrogen) atoms. The minimum absolute atomic E-state index is 0.0447. The van der Waals surface area contributed by atoms with Crippen LogP contribution < -0.4 is 4.90 Å². The van der Waals surface area contributed by atoms with E-state index < -0.39 is 0 Å². The average molecular weight is 246 g/mol. The molecule has 0 aliphatic carbocycles. The Bertz CT molecular complexity index is 513. The second-order valence-electron chi connectivity index (χ2n) is 4.15. The van der Waals surface area contributed by atoms with E-state index in [1.165, 1.54) is 12.1 Å².